The van der Waals surface area contributed by atoms with E-state index in [1.807, 2.05) is 32.0 Å². The van der Waals surface area contributed by atoms with Crippen molar-refractivity contribution in [3.05, 3.63) is 70.5 Å². The number of ether oxygens (including phenoxy) is 1. The van der Waals surface area contributed by atoms with Gasteiger partial charge in [0.25, 0.3) is 5.91 Å². The van der Waals surface area contributed by atoms with Gasteiger partial charge in [-0.05, 0) is 49.7 Å². The van der Waals surface area contributed by atoms with Gasteiger partial charge in [0.15, 0.2) is 0 Å². The Balaban J connectivity index is 1.88. The van der Waals surface area contributed by atoms with Crippen molar-refractivity contribution >= 4 is 17.5 Å². The maximum Gasteiger partial charge on any atom is 0.254 e. The van der Waals surface area contributed by atoms with Gasteiger partial charge in [0.1, 0.15) is 11.9 Å². The molecule has 3 rings (SSSR count). The fourth-order valence-electron chi connectivity index (χ4n) is 2.89. The van der Waals surface area contributed by atoms with Crippen molar-refractivity contribution in [1.29, 1.82) is 0 Å². The molecule has 1 heterocycles. The van der Waals surface area contributed by atoms with Crippen LogP contribution in [0.5, 0.6) is 0 Å². The van der Waals surface area contributed by atoms with Crippen molar-refractivity contribution in [2.24, 2.45) is 0 Å². The minimum absolute atomic E-state index is 0.199. The zero-order valence-electron chi connectivity index (χ0n) is 13.6. The van der Waals surface area contributed by atoms with E-state index >= 15 is 0 Å². The summed E-state index contributed by atoms with van der Waals surface area (Å²) < 4.78 is 19.4. The third-order valence-corrected chi connectivity index (χ3v) is 4.49. The second-order valence-corrected chi connectivity index (χ2v) is 7.03. The number of carbonyl (C=O) groups excluding carboxylic acids is 1. The van der Waals surface area contributed by atoms with Crippen LogP contribution in [0.2, 0.25) is 5.02 Å². The van der Waals surface area contributed by atoms with Gasteiger partial charge in [0.2, 0.25) is 0 Å². The Labute approximate surface area is 146 Å². The molecule has 1 aliphatic heterocycles. The standard InChI is InChI=1S/C19H19ClFNO2/c1-19(2)12-24-17(13-5-3-7-15(20)9-13)11-22(19)18(23)14-6-4-8-16(21)10-14/h3-10,17H,11-12H2,1-2H3. The van der Waals surface area contributed by atoms with E-state index in [1.54, 1.807) is 23.1 Å². The van der Waals surface area contributed by atoms with Gasteiger partial charge >= 0.3 is 0 Å². The van der Waals surface area contributed by atoms with E-state index in [9.17, 15) is 9.18 Å². The molecule has 5 heteroatoms. The number of halogens is 2. The van der Waals surface area contributed by atoms with Crippen LogP contribution in [0.3, 0.4) is 0 Å². The lowest BCUT2D eigenvalue weighted by molar-refractivity contribution is -0.0846. The lowest BCUT2D eigenvalue weighted by Gasteiger charge is -2.45. The van der Waals surface area contributed by atoms with Crippen molar-refractivity contribution < 1.29 is 13.9 Å². The highest BCUT2D eigenvalue weighted by Gasteiger charge is 2.39. The molecule has 1 fully saturated rings. The molecule has 0 bridgehead atoms. The average molecular weight is 348 g/mol. The van der Waals surface area contributed by atoms with Crippen molar-refractivity contribution in [2.45, 2.75) is 25.5 Å². The fourth-order valence-corrected chi connectivity index (χ4v) is 3.09. The van der Waals surface area contributed by atoms with Gasteiger partial charge < -0.3 is 9.64 Å². The predicted octanol–water partition coefficient (Wildman–Crippen LogP) is 4.47. The molecule has 1 atom stereocenters. The van der Waals surface area contributed by atoms with Gasteiger partial charge in [-0.25, -0.2) is 4.39 Å². The van der Waals surface area contributed by atoms with E-state index in [4.69, 9.17) is 16.3 Å². The van der Waals surface area contributed by atoms with Crippen LogP contribution in [0.1, 0.15) is 35.9 Å². The number of rotatable bonds is 2. The number of hydrogen-bond donors (Lipinski definition) is 0. The van der Waals surface area contributed by atoms with E-state index in [0.29, 0.717) is 23.7 Å². The molecule has 1 amide bonds. The van der Waals surface area contributed by atoms with Gasteiger partial charge in [0.05, 0.1) is 18.7 Å². The van der Waals surface area contributed by atoms with E-state index in [0.717, 1.165) is 5.56 Å². The van der Waals surface area contributed by atoms with E-state index in [2.05, 4.69) is 0 Å². The van der Waals surface area contributed by atoms with Crippen LogP contribution in [-0.2, 0) is 4.74 Å². The number of amides is 1. The van der Waals surface area contributed by atoms with E-state index < -0.39 is 11.4 Å². The van der Waals surface area contributed by atoms with Crippen LogP contribution in [-0.4, -0.2) is 29.5 Å². The van der Waals surface area contributed by atoms with Crippen LogP contribution in [0.4, 0.5) is 4.39 Å². The molecular weight excluding hydrogens is 329 g/mol. The first-order valence-electron chi connectivity index (χ1n) is 7.81. The third kappa shape index (κ3) is 3.45. The molecule has 0 N–H and O–H groups in total. The highest BCUT2D eigenvalue weighted by Crippen LogP contribution is 2.32. The van der Waals surface area contributed by atoms with Crippen LogP contribution in [0.15, 0.2) is 48.5 Å². The summed E-state index contributed by atoms with van der Waals surface area (Å²) in [6.07, 6.45) is -0.255. The molecule has 0 radical (unpaired) electrons. The number of benzene rings is 2. The summed E-state index contributed by atoms with van der Waals surface area (Å²) in [5.41, 5.74) is 0.795. The summed E-state index contributed by atoms with van der Waals surface area (Å²) in [6, 6.07) is 13.2. The molecule has 3 nitrogen and oxygen atoms in total. The summed E-state index contributed by atoms with van der Waals surface area (Å²) in [6.45, 7) is 4.67. The van der Waals surface area contributed by atoms with Crippen LogP contribution in [0, 0.1) is 5.82 Å². The predicted molar refractivity (Wildman–Crippen MR) is 91.7 cm³/mol. The maximum absolute atomic E-state index is 13.5. The molecule has 24 heavy (non-hydrogen) atoms. The number of hydrogen-bond acceptors (Lipinski definition) is 2. The molecule has 2 aromatic rings. The molecule has 0 aromatic heterocycles. The quantitative estimate of drug-likeness (QED) is 0.802. The third-order valence-electron chi connectivity index (χ3n) is 4.25. The smallest absolute Gasteiger partial charge is 0.254 e. The minimum Gasteiger partial charge on any atom is -0.369 e. The number of carbonyl (C=O) groups is 1. The zero-order valence-corrected chi connectivity index (χ0v) is 14.4. The highest BCUT2D eigenvalue weighted by atomic mass is 35.5. The molecule has 0 spiro atoms. The monoisotopic (exact) mass is 347 g/mol. The zero-order chi connectivity index (χ0) is 17.3. The lowest BCUT2D eigenvalue weighted by atomic mass is 9.97. The molecule has 1 aliphatic rings. The molecular formula is C19H19ClFNO2. The second kappa shape index (κ2) is 6.54. The lowest BCUT2D eigenvalue weighted by Crippen LogP contribution is -2.56. The first-order chi connectivity index (χ1) is 11.4. The molecule has 2 aromatic carbocycles. The molecule has 1 saturated heterocycles. The summed E-state index contributed by atoms with van der Waals surface area (Å²) in [5.74, 6) is -0.617. The Bertz CT molecular complexity index is 763. The van der Waals surface area contributed by atoms with Gasteiger partial charge in [0, 0.05) is 10.6 Å². The summed E-state index contributed by atoms with van der Waals surface area (Å²) in [7, 11) is 0. The molecule has 126 valence electrons. The summed E-state index contributed by atoms with van der Waals surface area (Å²) >= 11 is 6.05. The van der Waals surface area contributed by atoms with Crippen molar-refractivity contribution in [3.63, 3.8) is 0 Å². The van der Waals surface area contributed by atoms with E-state index in [1.165, 1.54) is 12.1 Å². The van der Waals surface area contributed by atoms with Gasteiger partial charge in [-0.3, -0.25) is 4.79 Å². The molecule has 1 unspecified atom stereocenters. The Hall–Kier alpha value is -1.91. The largest absolute Gasteiger partial charge is 0.369 e. The van der Waals surface area contributed by atoms with Gasteiger partial charge in [-0.2, -0.15) is 0 Å². The highest BCUT2D eigenvalue weighted by molar-refractivity contribution is 6.30. The van der Waals surface area contributed by atoms with Crippen molar-refractivity contribution in [1.82, 2.24) is 4.90 Å². The van der Waals surface area contributed by atoms with Crippen molar-refractivity contribution in [2.75, 3.05) is 13.2 Å². The first-order valence-corrected chi connectivity index (χ1v) is 8.19. The average Bonchev–Trinajstić information content (AvgIpc) is 2.54. The Morgan fingerprint density at radius 1 is 1.25 bits per heavy atom. The van der Waals surface area contributed by atoms with E-state index in [-0.39, 0.29) is 12.0 Å². The van der Waals surface area contributed by atoms with Crippen LogP contribution < -0.4 is 0 Å². The summed E-state index contributed by atoms with van der Waals surface area (Å²) in [4.78, 5) is 14.6. The van der Waals surface area contributed by atoms with Crippen LogP contribution >= 0.6 is 11.6 Å². The topological polar surface area (TPSA) is 29.5 Å². The minimum atomic E-state index is -0.474. The van der Waals surface area contributed by atoms with Crippen molar-refractivity contribution in [3.8, 4) is 0 Å². The Morgan fingerprint density at radius 2 is 2.00 bits per heavy atom. The fraction of sp³-hybridized carbons (Fsp3) is 0.316. The van der Waals surface area contributed by atoms with Gasteiger partial charge in [-0.15, -0.1) is 0 Å². The molecule has 0 saturated carbocycles. The second-order valence-electron chi connectivity index (χ2n) is 6.59. The Morgan fingerprint density at radius 3 is 2.71 bits per heavy atom. The number of morpholine rings is 1. The first kappa shape index (κ1) is 16.9. The van der Waals surface area contributed by atoms with Gasteiger partial charge in [-0.1, -0.05) is 29.8 Å². The Kier molecular flexibility index (Phi) is 4.61. The van der Waals surface area contributed by atoms with Crippen LogP contribution in [0.25, 0.3) is 0 Å². The molecule has 0 aliphatic carbocycles. The summed E-state index contributed by atoms with van der Waals surface area (Å²) in [5, 5.41) is 0.629. The maximum atomic E-state index is 13.5. The SMILES string of the molecule is CC1(C)COC(c2cccc(Cl)c2)CN1C(=O)c1cccc(F)c1. The number of nitrogens with zero attached hydrogens (tertiary/aromatic N) is 1. The normalized spacial score (nSPS) is 20.0.